The number of carbonyl (C=O) groups is 1. The largest absolute Gasteiger partial charge is 0.379 e. The fourth-order valence-electron chi connectivity index (χ4n) is 2.39. The van der Waals surface area contributed by atoms with E-state index in [0.29, 0.717) is 0 Å². The summed E-state index contributed by atoms with van der Waals surface area (Å²) in [6, 6.07) is 0.0599. The number of halogens is 1. The first-order valence-electron chi connectivity index (χ1n) is 6.56. The molecule has 0 aliphatic carbocycles. The van der Waals surface area contributed by atoms with Gasteiger partial charge >= 0.3 is 0 Å². The van der Waals surface area contributed by atoms with E-state index >= 15 is 0 Å². The van der Waals surface area contributed by atoms with Crippen molar-refractivity contribution in [3.63, 3.8) is 0 Å². The number of nitrogens with zero attached hydrogens (tertiary/aromatic N) is 2. The zero-order valence-corrected chi connectivity index (χ0v) is 11.9. The third-order valence-electron chi connectivity index (χ3n) is 3.59. The van der Waals surface area contributed by atoms with Gasteiger partial charge in [-0.05, 0) is 19.4 Å². The number of ether oxygens (including phenoxy) is 1. The summed E-state index contributed by atoms with van der Waals surface area (Å²) >= 11 is 0. The second-order valence-corrected chi connectivity index (χ2v) is 4.86. The molecular formula is C12H24ClN3O2. The number of rotatable bonds is 4. The standard InChI is InChI=1S/C12H23N3O2.ClH/c1-14(12(16)11-3-2-4-13-11)5-6-15-7-9-17-10-8-15;/h11,13H,2-10H2,1H3;1H. The second kappa shape index (κ2) is 7.94. The Morgan fingerprint density at radius 2 is 2.17 bits per heavy atom. The van der Waals surface area contributed by atoms with Crippen molar-refractivity contribution in [1.29, 1.82) is 0 Å². The maximum atomic E-state index is 12.0. The van der Waals surface area contributed by atoms with Crippen molar-refractivity contribution in [3.05, 3.63) is 0 Å². The van der Waals surface area contributed by atoms with Gasteiger partial charge in [0, 0.05) is 33.2 Å². The minimum absolute atomic E-state index is 0. The van der Waals surface area contributed by atoms with Gasteiger partial charge < -0.3 is 15.0 Å². The summed E-state index contributed by atoms with van der Waals surface area (Å²) in [5.41, 5.74) is 0. The molecule has 2 saturated heterocycles. The quantitative estimate of drug-likeness (QED) is 0.783. The number of hydrogen-bond acceptors (Lipinski definition) is 4. The van der Waals surface area contributed by atoms with Crippen LogP contribution in [0.4, 0.5) is 0 Å². The van der Waals surface area contributed by atoms with E-state index in [1.54, 1.807) is 0 Å². The van der Waals surface area contributed by atoms with Gasteiger partial charge in [0.1, 0.15) is 0 Å². The minimum atomic E-state index is 0. The van der Waals surface area contributed by atoms with Gasteiger partial charge in [-0.25, -0.2) is 0 Å². The van der Waals surface area contributed by atoms with Crippen LogP contribution in [0, 0.1) is 0 Å². The van der Waals surface area contributed by atoms with Crippen molar-refractivity contribution in [2.24, 2.45) is 0 Å². The number of morpholine rings is 1. The van der Waals surface area contributed by atoms with E-state index in [1.165, 1.54) is 0 Å². The highest BCUT2D eigenvalue weighted by molar-refractivity contribution is 5.85. The molecule has 1 N–H and O–H groups in total. The molecule has 1 amide bonds. The predicted octanol–water partition coefficient (Wildman–Crippen LogP) is -0.0492. The van der Waals surface area contributed by atoms with E-state index < -0.39 is 0 Å². The smallest absolute Gasteiger partial charge is 0.239 e. The van der Waals surface area contributed by atoms with Gasteiger partial charge in [-0.15, -0.1) is 12.4 Å². The molecule has 2 heterocycles. The summed E-state index contributed by atoms with van der Waals surface area (Å²) in [6.45, 7) is 6.38. The Morgan fingerprint density at radius 3 is 2.78 bits per heavy atom. The third-order valence-corrected chi connectivity index (χ3v) is 3.59. The van der Waals surface area contributed by atoms with Crippen molar-refractivity contribution in [1.82, 2.24) is 15.1 Å². The van der Waals surface area contributed by atoms with Crippen LogP contribution in [0.25, 0.3) is 0 Å². The lowest BCUT2D eigenvalue weighted by molar-refractivity contribution is -0.132. The van der Waals surface area contributed by atoms with Crippen LogP contribution in [-0.4, -0.2) is 74.7 Å². The molecule has 0 bridgehead atoms. The molecule has 18 heavy (non-hydrogen) atoms. The molecule has 2 aliphatic rings. The van der Waals surface area contributed by atoms with E-state index in [-0.39, 0.29) is 24.4 Å². The van der Waals surface area contributed by atoms with Crippen LogP contribution in [0.15, 0.2) is 0 Å². The van der Waals surface area contributed by atoms with E-state index in [1.807, 2.05) is 11.9 Å². The molecule has 5 nitrogen and oxygen atoms in total. The molecule has 1 atom stereocenters. The fourth-order valence-corrected chi connectivity index (χ4v) is 2.39. The highest BCUT2D eigenvalue weighted by atomic mass is 35.5. The molecule has 0 aromatic carbocycles. The molecule has 2 aliphatic heterocycles. The van der Waals surface area contributed by atoms with Gasteiger partial charge in [0.2, 0.25) is 5.91 Å². The van der Waals surface area contributed by atoms with Crippen molar-refractivity contribution >= 4 is 18.3 Å². The first kappa shape index (κ1) is 15.7. The predicted molar refractivity (Wildman–Crippen MR) is 73.2 cm³/mol. The Labute approximate surface area is 115 Å². The summed E-state index contributed by atoms with van der Waals surface area (Å²) in [4.78, 5) is 16.3. The summed E-state index contributed by atoms with van der Waals surface area (Å²) in [5, 5.41) is 3.25. The van der Waals surface area contributed by atoms with Crippen LogP contribution < -0.4 is 5.32 Å². The van der Waals surface area contributed by atoms with E-state index in [0.717, 1.165) is 58.8 Å². The molecule has 2 rings (SSSR count). The zero-order chi connectivity index (χ0) is 12.1. The molecule has 2 fully saturated rings. The average Bonchev–Trinajstić information content (AvgIpc) is 2.90. The topological polar surface area (TPSA) is 44.8 Å². The molecule has 0 aromatic rings. The Balaban J connectivity index is 0.00000162. The Hall–Kier alpha value is -0.360. The number of hydrogen-bond donors (Lipinski definition) is 1. The molecule has 106 valence electrons. The normalized spacial score (nSPS) is 24.6. The van der Waals surface area contributed by atoms with Crippen LogP contribution in [0.5, 0.6) is 0 Å². The molecule has 1 unspecified atom stereocenters. The molecular weight excluding hydrogens is 254 g/mol. The monoisotopic (exact) mass is 277 g/mol. The summed E-state index contributed by atoms with van der Waals surface area (Å²) < 4.78 is 5.30. The van der Waals surface area contributed by atoms with Gasteiger partial charge in [0.15, 0.2) is 0 Å². The number of amides is 1. The maximum Gasteiger partial charge on any atom is 0.239 e. The van der Waals surface area contributed by atoms with Gasteiger partial charge in [-0.3, -0.25) is 9.69 Å². The second-order valence-electron chi connectivity index (χ2n) is 4.86. The SMILES string of the molecule is CN(CCN1CCOCC1)C(=O)C1CCCN1.Cl. The third kappa shape index (κ3) is 4.39. The van der Waals surface area contributed by atoms with E-state index in [2.05, 4.69) is 10.2 Å². The Bertz CT molecular complexity index is 254. The van der Waals surface area contributed by atoms with Crippen LogP contribution in [0.1, 0.15) is 12.8 Å². The highest BCUT2D eigenvalue weighted by Gasteiger charge is 2.25. The lowest BCUT2D eigenvalue weighted by Gasteiger charge is -2.29. The van der Waals surface area contributed by atoms with E-state index in [9.17, 15) is 4.79 Å². The lowest BCUT2D eigenvalue weighted by atomic mass is 10.2. The molecule has 0 saturated carbocycles. The number of carbonyl (C=O) groups excluding carboxylic acids is 1. The van der Waals surface area contributed by atoms with Crippen LogP contribution in [0.3, 0.4) is 0 Å². The number of nitrogens with one attached hydrogen (secondary N) is 1. The summed E-state index contributed by atoms with van der Waals surface area (Å²) in [6.07, 6.45) is 2.11. The van der Waals surface area contributed by atoms with Gasteiger partial charge in [0.25, 0.3) is 0 Å². The zero-order valence-electron chi connectivity index (χ0n) is 11.1. The van der Waals surface area contributed by atoms with Gasteiger partial charge in [-0.2, -0.15) is 0 Å². The van der Waals surface area contributed by atoms with Crippen molar-refractivity contribution in [3.8, 4) is 0 Å². The van der Waals surface area contributed by atoms with Gasteiger partial charge in [0.05, 0.1) is 19.3 Å². The van der Waals surface area contributed by atoms with Crippen LogP contribution >= 0.6 is 12.4 Å². The van der Waals surface area contributed by atoms with E-state index in [4.69, 9.17) is 4.74 Å². The van der Waals surface area contributed by atoms with Crippen LogP contribution in [0.2, 0.25) is 0 Å². The van der Waals surface area contributed by atoms with Crippen molar-refractivity contribution in [2.45, 2.75) is 18.9 Å². The van der Waals surface area contributed by atoms with Gasteiger partial charge in [-0.1, -0.05) is 0 Å². The molecule has 0 spiro atoms. The number of likely N-dealkylation sites (N-methyl/N-ethyl adjacent to an activating group) is 1. The average molecular weight is 278 g/mol. The molecule has 0 radical (unpaired) electrons. The van der Waals surface area contributed by atoms with Crippen molar-refractivity contribution < 1.29 is 9.53 Å². The molecule has 0 aromatic heterocycles. The molecule has 6 heteroatoms. The Kier molecular flexibility index (Phi) is 6.92. The summed E-state index contributed by atoms with van der Waals surface area (Å²) in [5.74, 6) is 0.246. The Morgan fingerprint density at radius 1 is 1.44 bits per heavy atom. The first-order valence-corrected chi connectivity index (χ1v) is 6.56. The first-order chi connectivity index (χ1) is 8.27. The minimum Gasteiger partial charge on any atom is -0.379 e. The summed E-state index contributed by atoms with van der Waals surface area (Å²) in [7, 11) is 1.91. The van der Waals surface area contributed by atoms with Crippen molar-refractivity contribution in [2.75, 3.05) is 53.0 Å². The fraction of sp³-hybridized carbons (Fsp3) is 0.917. The lowest BCUT2D eigenvalue weighted by Crippen LogP contribution is -2.46. The maximum absolute atomic E-state index is 12.0. The highest BCUT2D eigenvalue weighted by Crippen LogP contribution is 2.07. The van der Waals surface area contributed by atoms with Crippen LogP contribution in [-0.2, 0) is 9.53 Å².